The van der Waals surface area contributed by atoms with Crippen molar-refractivity contribution in [2.45, 2.75) is 24.8 Å². The first-order valence-electron chi connectivity index (χ1n) is 9.66. The summed E-state index contributed by atoms with van der Waals surface area (Å²) >= 11 is 9.00. The minimum atomic E-state index is -0.165. The van der Waals surface area contributed by atoms with Crippen molar-refractivity contribution in [3.05, 3.63) is 29.5 Å². The Bertz CT molecular complexity index is 1050. The summed E-state index contributed by atoms with van der Waals surface area (Å²) in [7, 11) is 1.55. The molecule has 0 saturated carbocycles. The van der Waals surface area contributed by atoms with Crippen LogP contribution >= 0.6 is 34.7 Å². The lowest BCUT2D eigenvalue weighted by Gasteiger charge is -2.29. The van der Waals surface area contributed by atoms with Gasteiger partial charge in [0.1, 0.15) is 21.8 Å². The molecular formula is C20H22ClN5O2S2. The summed E-state index contributed by atoms with van der Waals surface area (Å²) < 4.78 is 6.20. The number of thiazole rings is 1. The van der Waals surface area contributed by atoms with E-state index in [4.69, 9.17) is 21.3 Å². The van der Waals surface area contributed by atoms with E-state index in [1.807, 2.05) is 0 Å². The first kappa shape index (κ1) is 21.1. The van der Waals surface area contributed by atoms with Crippen molar-refractivity contribution in [2.75, 3.05) is 36.2 Å². The van der Waals surface area contributed by atoms with Crippen molar-refractivity contribution in [1.29, 1.82) is 0 Å². The molecule has 1 aliphatic heterocycles. The molecule has 1 fully saturated rings. The number of methoxy groups -OCH3 is 1. The number of thioether (sulfide) groups is 1. The van der Waals surface area contributed by atoms with E-state index in [-0.39, 0.29) is 11.7 Å². The van der Waals surface area contributed by atoms with Crippen molar-refractivity contribution in [2.24, 2.45) is 5.92 Å². The van der Waals surface area contributed by atoms with Gasteiger partial charge in [-0.05, 0) is 37.0 Å². The van der Waals surface area contributed by atoms with Crippen LogP contribution in [-0.4, -0.2) is 46.8 Å². The average Bonchev–Trinajstić information content (AvgIpc) is 3.18. The fourth-order valence-corrected chi connectivity index (χ4v) is 5.37. The van der Waals surface area contributed by atoms with Gasteiger partial charge in [-0.15, -0.1) is 0 Å². The maximum Gasteiger partial charge on any atom is 0.234 e. The Morgan fingerprint density at radius 2 is 2.17 bits per heavy atom. The number of aromatic nitrogens is 3. The van der Waals surface area contributed by atoms with Crippen molar-refractivity contribution in [1.82, 2.24) is 15.0 Å². The molecule has 0 unspecified atom stereocenters. The van der Waals surface area contributed by atoms with Crippen LogP contribution in [0.25, 0.3) is 10.3 Å². The van der Waals surface area contributed by atoms with Crippen LogP contribution in [0.15, 0.2) is 29.6 Å². The number of halogens is 1. The quantitative estimate of drug-likeness (QED) is 0.418. The predicted octanol–water partition coefficient (Wildman–Crippen LogP) is 4.72. The Balaban J connectivity index is 1.45. The molecule has 0 spiro atoms. The molecule has 1 amide bonds. The third kappa shape index (κ3) is 4.79. The monoisotopic (exact) mass is 463 g/mol. The van der Waals surface area contributed by atoms with Gasteiger partial charge >= 0.3 is 0 Å². The van der Waals surface area contributed by atoms with E-state index in [1.165, 1.54) is 30.9 Å². The van der Waals surface area contributed by atoms with Crippen LogP contribution in [0.3, 0.4) is 0 Å². The van der Waals surface area contributed by atoms with Crippen LogP contribution in [0.4, 0.5) is 10.8 Å². The standard InChI is InChI=1S/C20H22ClN5O2S2/c1-12-5-7-26(8-6-12)20-25-18-17(30-20)19(23-11-22-18)29-10-16(27)24-14-9-13(21)3-4-15(14)28-2/h3-4,9,11-12H,5-8,10H2,1-2H3,(H,24,27). The zero-order chi connectivity index (χ0) is 21.1. The number of amides is 1. The SMILES string of the molecule is COc1ccc(Cl)cc1NC(=O)CSc1ncnc2nc(N3CCC(C)CC3)sc12. The van der Waals surface area contributed by atoms with Gasteiger partial charge in [0.05, 0.1) is 18.6 Å². The summed E-state index contributed by atoms with van der Waals surface area (Å²) in [5.41, 5.74) is 1.23. The Morgan fingerprint density at radius 1 is 1.37 bits per heavy atom. The number of carbonyl (C=O) groups excluding carboxylic acids is 1. The van der Waals surface area contributed by atoms with Gasteiger partial charge in [-0.25, -0.2) is 9.97 Å². The fourth-order valence-electron chi connectivity index (χ4n) is 3.26. The summed E-state index contributed by atoms with van der Waals surface area (Å²) in [6.07, 6.45) is 3.86. The largest absolute Gasteiger partial charge is 0.495 e. The first-order chi connectivity index (χ1) is 14.5. The molecule has 0 radical (unpaired) electrons. The number of hydrogen-bond acceptors (Lipinski definition) is 8. The van der Waals surface area contributed by atoms with E-state index < -0.39 is 0 Å². The van der Waals surface area contributed by atoms with Crippen LogP contribution in [0.1, 0.15) is 19.8 Å². The maximum atomic E-state index is 12.5. The molecule has 3 heterocycles. The third-order valence-corrected chi connectivity index (χ3v) is 7.44. The molecular weight excluding hydrogens is 442 g/mol. The number of piperidine rings is 1. The average molecular weight is 464 g/mol. The second-order valence-electron chi connectivity index (χ2n) is 7.18. The van der Waals surface area contributed by atoms with E-state index in [9.17, 15) is 4.79 Å². The van der Waals surface area contributed by atoms with Gasteiger partial charge in [0.15, 0.2) is 10.8 Å². The summed E-state index contributed by atoms with van der Waals surface area (Å²) in [6.45, 7) is 4.32. The smallest absolute Gasteiger partial charge is 0.234 e. The molecule has 1 saturated heterocycles. The van der Waals surface area contributed by atoms with Crippen LogP contribution in [-0.2, 0) is 4.79 Å². The minimum absolute atomic E-state index is 0.165. The molecule has 0 bridgehead atoms. The lowest BCUT2D eigenvalue weighted by molar-refractivity contribution is -0.113. The first-order valence-corrected chi connectivity index (χ1v) is 11.8. The number of carbonyl (C=O) groups is 1. The Labute approximate surface area is 188 Å². The van der Waals surface area contributed by atoms with Crippen molar-refractivity contribution in [3.63, 3.8) is 0 Å². The molecule has 1 aromatic carbocycles. The summed E-state index contributed by atoms with van der Waals surface area (Å²) in [5, 5.41) is 5.12. The lowest BCUT2D eigenvalue weighted by Crippen LogP contribution is -2.32. The van der Waals surface area contributed by atoms with Crippen LogP contribution in [0, 0.1) is 5.92 Å². The number of ether oxygens (including phenoxy) is 1. The number of hydrogen-bond donors (Lipinski definition) is 1. The number of anilines is 2. The lowest BCUT2D eigenvalue weighted by atomic mass is 10.00. The van der Waals surface area contributed by atoms with Crippen molar-refractivity contribution < 1.29 is 9.53 Å². The molecule has 0 aliphatic carbocycles. The topological polar surface area (TPSA) is 80.2 Å². The molecule has 10 heteroatoms. The summed E-state index contributed by atoms with van der Waals surface area (Å²) in [4.78, 5) is 28.2. The fraction of sp³-hybridized carbons (Fsp3) is 0.400. The van der Waals surface area contributed by atoms with Crippen molar-refractivity contribution in [3.8, 4) is 5.75 Å². The van der Waals surface area contributed by atoms with E-state index in [0.717, 1.165) is 33.9 Å². The predicted molar refractivity (Wildman–Crippen MR) is 123 cm³/mol. The van der Waals surface area contributed by atoms with E-state index in [1.54, 1.807) is 36.6 Å². The minimum Gasteiger partial charge on any atom is -0.495 e. The van der Waals surface area contributed by atoms with Gasteiger partial charge < -0.3 is 15.0 Å². The van der Waals surface area contributed by atoms with Gasteiger partial charge in [-0.3, -0.25) is 4.79 Å². The molecule has 30 heavy (non-hydrogen) atoms. The molecule has 3 aromatic rings. The number of rotatable bonds is 6. The highest BCUT2D eigenvalue weighted by Gasteiger charge is 2.21. The zero-order valence-electron chi connectivity index (χ0n) is 16.7. The molecule has 1 N–H and O–H groups in total. The van der Waals surface area contributed by atoms with Gasteiger partial charge in [0.25, 0.3) is 0 Å². The highest BCUT2D eigenvalue weighted by atomic mass is 35.5. The van der Waals surface area contributed by atoms with E-state index in [0.29, 0.717) is 22.1 Å². The van der Waals surface area contributed by atoms with Gasteiger partial charge in [-0.2, -0.15) is 4.98 Å². The van der Waals surface area contributed by atoms with Crippen LogP contribution in [0.2, 0.25) is 5.02 Å². The highest BCUT2D eigenvalue weighted by molar-refractivity contribution is 8.00. The number of nitrogens with one attached hydrogen (secondary N) is 1. The van der Waals surface area contributed by atoms with E-state index >= 15 is 0 Å². The number of nitrogens with zero attached hydrogens (tertiary/aromatic N) is 4. The molecule has 7 nitrogen and oxygen atoms in total. The second kappa shape index (κ2) is 9.36. The Morgan fingerprint density at radius 3 is 2.93 bits per heavy atom. The van der Waals surface area contributed by atoms with Crippen molar-refractivity contribution >= 4 is 61.8 Å². The molecule has 4 rings (SSSR count). The molecule has 0 atom stereocenters. The van der Waals surface area contributed by atoms with Crippen LogP contribution in [0.5, 0.6) is 5.75 Å². The molecule has 158 valence electrons. The Hall–Kier alpha value is -2.10. The summed E-state index contributed by atoms with van der Waals surface area (Å²) in [6, 6.07) is 5.10. The molecule has 2 aromatic heterocycles. The Kier molecular flexibility index (Phi) is 6.60. The second-order valence-corrected chi connectivity index (χ2v) is 9.56. The van der Waals surface area contributed by atoms with Gasteiger partial charge in [0.2, 0.25) is 5.91 Å². The van der Waals surface area contributed by atoms with Crippen LogP contribution < -0.4 is 15.0 Å². The summed E-state index contributed by atoms with van der Waals surface area (Å²) in [5.74, 6) is 1.36. The highest BCUT2D eigenvalue weighted by Crippen LogP contribution is 2.35. The third-order valence-electron chi connectivity index (χ3n) is 4.98. The maximum absolute atomic E-state index is 12.5. The van der Waals surface area contributed by atoms with Gasteiger partial charge in [0, 0.05) is 18.1 Å². The molecule has 1 aliphatic rings. The van der Waals surface area contributed by atoms with E-state index in [2.05, 4.69) is 27.1 Å². The van der Waals surface area contributed by atoms with Gasteiger partial charge in [-0.1, -0.05) is 41.6 Å². The normalized spacial score (nSPS) is 14.8. The number of benzene rings is 1. The zero-order valence-corrected chi connectivity index (χ0v) is 19.1. The number of fused-ring (bicyclic) bond motifs is 1.